The van der Waals surface area contributed by atoms with Crippen molar-refractivity contribution in [1.29, 1.82) is 0 Å². The lowest BCUT2D eigenvalue weighted by Gasteiger charge is -2.27. The van der Waals surface area contributed by atoms with E-state index in [0.717, 1.165) is 32.5 Å². The van der Waals surface area contributed by atoms with Crippen molar-refractivity contribution >= 4 is 17.6 Å². The van der Waals surface area contributed by atoms with E-state index < -0.39 is 12.4 Å². The van der Waals surface area contributed by atoms with Crippen molar-refractivity contribution in [2.45, 2.75) is 38.1 Å². The zero-order chi connectivity index (χ0) is 22.0. The number of benzene rings is 1. The number of hydrogen-bond acceptors (Lipinski definition) is 4. The summed E-state index contributed by atoms with van der Waals surface area (Å²) in [6.07, 6.45) is -1.41. The maximum atomic E-state index is 12.8. The van der Waals surface area contributed by atoms with Crippen LogP contribution in [-0.2, 0) is 9.53 Å². The Labute approximate surface area is 178 Å². The molecule has 2 atom stereocenters. The fraction of sp³-hybridized carbons (Fsp3) is 0.619. The van der Waals surface area contributed by atoms with Gasteiger partial charge in [-0.3, -0.25) is 4.79 Å². The van der Waals surface area contributed by atoms with Crippen LogP contribution < -0.4 is 15.0 Å². The number of urea groups is 1. The molecule has 3 amide bonds. The second kappa shape index (κ2) is 8.94. The number of alkyl halides is 3. The Kier molecular flexibility index (Phi) is 6.27. The highest BCUT2D eigenvalue weighted by Crippen LogP contribution is 2.32. The van der Waals surface area contributed by atoms with Crippen molar-refractivity contribution < 1.29 is 32.2 Å². The number of halogens is 3. The molecular weight excluding hydrogens is 415 g/mol. The fourth-order valence-corrected chi connectivity index (χ4v) is 4.70. The number of rotatable bonds is 4. The zero-order valence-corrected chi connectivity index (χ0v) is 17.1. The molecule has 31 heavy (non-hydrogen) atoms. The van der Waals surface area contributed by atoms with Crippen molar-refractivity contribution in [3.8, 4) is 5.75 Å². The smallest absolute Gasteiger partial charge is 0.406 e. The average Bonchev–Trinajstić information content (AvgIpc) is 3.35. The second-order valence-electron chi connectivity index (χ2n) is 8.27. The first-order chi connectivity index (χ1) is 14.8. The highest BCUT2D eigenvalue weighted by molar-refractivity contribution is 6.01. The summed E-state index contributed by atoms with van der Waals surface area (Å²) < 4.78 is 46.7. The first kappa shape index (κ1) is 21.7. The first-order valence-corrected chi connectivity index (χ1v) is 10.6. The molecule has 0 aromatic heterocycles. The van der Waals surface area contributed by atoms with Crippen molar-refractivity contribution in [1.82, 2.24) is 10.2 Å². The van der Waals surface area contributed by atoms with E-state index in [9.17, 15) is 22.8 Å². The molecule has 3 fully saturated rings. The SMILES string of the molecule is O=C(NC1CCN(c2cccc(OC(F)(F)F)c2)C1=O)N1CCC(C2CCOCC2)C1. The van der Waals surface area contributed by atoms with E-state index >= 15 is 0 Å². The lowest BCUT2D eigenvalue weighted by atomic mass is 9.85. The third-order valence-corrected chi connectivity index (χ3v) is 6.31. The summed E-state index contributed by atoms with van der Waals surface area (Å²) in [5.74, 6) is 0.308. The molecular formula is C21H26F3N3O4. The minimum Gasteiger partial charge on any atom is -0.406 e. The number of nitrogens with one attached hydrogen (secondary N) is 1. The lowest BCUT2D eigenvalue weighted by Crippen LogP contribution is -2.47. The van der Waals surface area contributed by atoms with Gasteiger partial charge in [0.05, 0.1) is 0 Å². The Morgan fingerprint density at radius 1 is 1.10 bits per heavy atom. The van der Waals surface area contributed by atoms with Crippen LogP contribution in [0.15, 0.2) is 24.3 Å². The summed E-state index contributed by atoms with van der Waals surface area (Å²) in [5.41, 5.74) is 0.309. The number of likely N-dealkylation sites (tertiary alicyclic amines) is 1. The van der Waals surface area contributed by atoms with Gasteiger partial charge in [-0.1, -0.05) is 6.07 Å². The molecule has 1 aromatic rings. The van der Waals surface area contributed by atoms with E-state index in [1.807, 2.05) is 0 Å². The quantitative estimate of drug-likeness (QED) is 0.780. The number of amides is 3. The summed E-state index contributed by atoms with van der Waals surface area (Å²) in [5, 5.41) is 2.81. The molecule has 4 rings (SSSR count). The maximum Gasteiger partial charge on any atom is 0.573 e. The summed E-state index contributed by atoms with van der Waals surface area (Å²) in [6.45, 7) is 3.20. The van der Waals surface area contributed by atoms with Crippen LogP contribution in [0.1, 0.15) is 25.7 Å². The van der Waals surface area contributed by atoms with Gasteiger partial charge in [-0.15, -0.1) is 13.2 Å². The number of hydrogen-bond donors (Lipinski definition) is 1. The molecule has 0 radical (unpaired) electrons. The van der Waals surface area contributed by atoms with E-state index in [1.54, 1.807) is 11.0 Å². The Morgan fingerprint density at radius 3 is 2.61 bits per heavy atom. The van der Waals surface area contributed by atoms with Crippen molar-refractivity contribution in [3.05, 3.63) is 24.3 Å². The van der Waals surface area contributed by atoms with Gasteiger partial charge < -0.3 is 24.6 Å². The van der Waals surface area contributed by atoms with Crippen LogP contribution in [0.2, 0.25) is 0 Å². The minimum absolute atomic E-state index is 0.260. The molecule has 10 heteroatoms. The van der Waals surface area contributed by atoms with Gasteiger partial charge in [-0.2, -0.15) is 0 Å². The number of carbonyl (C=O) groups excluding carboxylic acids is 2. The number of ether oxygens (including phenoxy) is 2. The first-order valence-electron chi connectivity index (χ1n) is 10.6. The molecule has 1 N–H and O–H groups in total. The van der Waals surface area contributed by atoms with E-state index in [1.165, 1.54) is 23.1 Å². The molecule has 0 aliphatic carbocycles. The average molecular weight is 441 g/mol. The van der Waals surface area contributed by atoms with Crippen LogP contribution in [0.4, 0.5) is 23.7 Å². The van der Waals surface area contributed by atoms with E-state index in [2.05, 4.69) is 10.1 Å². The third kappa shape index (κ3) is 5.23. The number of anilines is 1. The Morgan fingerprint density at radius 2 is 1.87 bits per heavy atom. The molecule has 3 saturated heterocycles. The molecule has 0 saturated carbocycles. The zero-order valence-electron chi connectivity index (χ0n) is 17.1. The Balaban J connectivity index is 1.32. The van der Waals surface area contributed by atoms with Crippen LogP contribution in [0, 0.1) is 11.8 Å². The van der Waals surface area contributed by atoms with Crippen LogP contribution in [0.3, 0.4) is 0 Å². The van der Waals surface area contributed by atoms with E-state index in [-0.39, 0.29) is 17.7 Å². The molecule has 7 nitrogen and oxygen atoms in total. The highest BCUT2D eigenvalue weighted by Gasteiger charge is 2.38. The Bertz CT molecular complexity index is 813. The van der Waals surface area contributed by atoms with Gasteiger partial charge in [-0.05, 0) is 49.7 Å². The van der Waals surface area contributed by atoms with Crippen molar-refractivity contribution in [2.75, 3.05) is 37.7 Å². The minimum atomic E-state index is -4.80. The van der Waals surface area contributed by atoms with E-state index in [0.29, 0.717) is 43.6 Å². The number of carbonyl (C=O) groups is 2. The van der Waals surface area contributed by atoms with Gasteiger partial charge in [0.1, 0.15) is 11.8 Å². The van der Waals surface area contributed by atoms with Crippen LogP contribution in [0.5, 0.6) is 5.75 Å². The standard InChI is InChI=1S/C21H26F3N3O4/c22-21(23,24)31-17-3-1-2-16(12-17)27-9-5-18(19(27)28)25-20(29)26-8-4-15(13-26)14-6-10-30-11-7-14/h1-3,12,14-15,18H,4-11,13H2,(H,25,29). The topological polar surface area (TPSA) is 71.1 Å². The largest absolute Gasteiger partial charge is 0.573 e. The van der Waals surface area contributed by atoms with Crippen molar-refractivity contribution in [2.24, 2.45) is 11.8 Å². The summed E-state index contributed by atoms with van der Waals surface area (Å²) in [7, 11) is 0. The van der Waals surface area contributed by atoms with Gasteiger partial charge in [0.15, 0.2) is 0 Å². The van der Waals surface area contributed by atoms with Gasteiger partial charge >= 0.3 is 12.4 Å². The molecule has 1 aromatic carbocycles. The highest BCUT2D eigenvalue weighted by atomic mass is 19.4. The molecule has 0 spiro atoms. The van der Waals surface area contributed by atoms with Crippen LogP contribution >= 0.6 is 0 Å². The van der Waals surface area contributed by atoms with Crippen LogP contribution in [-0.4, -0.2) is 62.1 Å². The number of nitrogens with zero attached hydrogens (tertiary/aromatic N) is 2. The molecule has 3 aliphatic heterocycles. The molecule has 3 aliphatic rings. The monoisotopic (exact) mass is 441 g/mol. The predicted octanol–water partition coefficient (Wildman–Crippen LogP) is 3.15. The fourth-order valence-electron chi connectivity index (χ4n) is 4.70. The second-order valence-corrected chi connectivity index (χ2v) is 8.27. The lowest BCUT2D eigenvalue weighted by molar-refractivity contribution is -0.274. The van der Waals surface area contributed by atoms with Gasteiger partial charge in [0.2, 0.25) is 5.91 Å². The molecule has 2 unspecified atom stereocenters. The Hall–Kier alpha value is -2.49. The van der Waals surface area contributed by atoms with Gasteiger partial charge in [-0.25, -0.2) is 4.79 Å². The molecule has 0 bridgehead atoms. The normalized spacial score (nSPS) is 25.2. The predicted molar refractivity (Wildman–Crippen MR) is 106 cm³/mol. The summed E-state index contributed by atoms with van der Waals surface area (Å²) >= 11 is 0. The van der Waals surface area contributed by atoms with Crippen LogP contribution in [0.25, 0.3) is 0 Å². The molecule has 170 valence electrons. The van der Waals surface area contributed by atoms with Crippen molar-refractivity contribution in [3.63, 3.8) is 0 Å². The summed E-state index contributed by atoms with van der Waals surface area (Å²) in [4.78, 5) is 28.6. The van der Waals surface area contributed by atoms with Gasteiger partial charge in [0.25, 0.3) is 0 Å². The van der Waals surface area contributed by atoms with Gasteiger partial charge in [0, 0.05) is 44.6 Å². The maximum absolute atomic E-state index is 12.8. The molecule has 3 heterocycles. The van der Waals surface area contributed by atoms with E-state index in [4.69, 9.17) is 4.74 Å². The summed E-state index contributed by atoms with van der Waals surface area (Å²) in [6, 6.07) is 4.35. The third-order valence-electron chi connectivity index (χ3n) is 6.31.